The number of halogens is 1. The van der Waals surface area contributed by atoms with E-state index in [0.717, 1.165) is 19.4 Å². The summed E-state index contributed by atoms with van der Waals surface area (Å²) in [5.74, 6) is -0.299. The van der Waals surface area contributed by atoms with Crippen LogP contribution in [0, 0.1) is 0 Å². The Labute approximate surface area is 113 Å². The SMILES string of the molecule is C=CCNC(=O)NC(=O)CN1CCCC1CN.Cl. The molecule has 1 fully saturated rings. The fourth-order valence-corrected chi connectivity index (χ4v) is 1.93. The predicted octanol–water partition coefficient (Wildman–Crippen LogP) is -0.157. The first-order valence-electron chi connectivity index (χ1n) is 5.80. The summed E-state index contributed by atoms with van der Waals surface area (Å²) in [7, 11) is 0. The molecule has 1 heterocycles. The summed E-state index contributed by atoms with van der Waals surface area (Å²) in [6.45, 7) is 5.45. The summed E-state index contributed by atoms with van der Waals surface area (Å²) >= 11 is 0. The maximum absolute atomic E-state index is 11.6. The third-order valence-corrected chi connectivity index (χ3v) is 2.78. The Morgan fingerprint density at radius 1 is 1.50 bits per heavy atom. The molecule has 18 heavy (non-hydrogen) atoms. The third kappa shape index (κ3) is 5.48. The maximum Gasteiger partial charge on any atom is 0.321 e. The van der Waals surface area contributed by atoms with Crippen molar-refractivity contribution in [2.45, 2.75) is 18.9 Å². The first kappa shape index (κ1) is 16.9. The number of rotatable bonds is 5. The number of hydrogen-bond acceptors (Lipinski definition) is 4. The van der Waals surface area contributed by atoms with Gasteiger partial charge in [0.2, 0.25) is 5.91 Å². The van der Waals surface area contributed by atoms with Crippen molar-refractivity contribution in [3.8, 4) is 0 Å². The van der Waals surface area contributed by atoms with Crippen LogP contribution in [0.4, 0.5) is 4.79 Å². The molecule has 3 amide bonds. The predicted molar refractivity (Wildman–Crippen MR) is 72.6 cm³/mol. The number of carbonyl (C=O) groups is 2. The van der Waals surface area contributed by atoms with Crippen molar-refractivity contribution in [1.29, 1.82) is 0 Å². The monoisotopic (exact) mass is 276 g/mol. The standard InChI is InChI=1S/C11H20N4O2.ClH/c1-2-5-13-11(17)14-10(16)8-15-6-3-4-9(15)7-12;/h2,9H,1,3-8,12H2,(H2,13,14,16,17);1H. The number of imide groups is 1. The Hall–Kier alpha value is -1.11. The molecule has 0 radical (unpaired) electrons. The molecule has 1 aliphatic rings. The Kier molecular flexibility index (Phi) is 8.36. The zero-order valence-electron chi connectivity index (χ0n) is 10.4. The van der Waals surface area contributed by atoms with Crippen molar-refractivity contribution in [1.82, 2.24) is 15.5 Å². The van der Waals surface area contributed by atoms with Gasteiger partial charge in [-0.05, 0) is 19.4 Å². The van der Waals surface area contributed by atoms with E-state index in [-0.39, 0.29) is 30.9 Å². The van der Waals surface area contributed by atoms with E-state index in [4.69, 9.17) is 5.73 Å². The molecule has 0 aromatic heterocycles. The van der Waals surface area contributed by atoms with Crippen LogP contribution in [-0.2, 0) is 4.79 Å². The van der Waals surface area contributed by atoms with Gasteiger partial charge in [-0.1, -0.05) is 6.08 Å². The minimum absolute atomic E-state index is 0. The van der Waals surface area contributed by atoms with Crippen LogP contribution in [0.25, 0.3) is 0 Å². The van der Waals surface area contributed by atoms with Crippen LogP contribution in [0.15, 0.2) is 12.7 Å². The number of likely N-dealkylation sites (tertiary alicyclic amines) is 1. The quantitative estimate of drug-likeness (QED) is 0.609. The molecule has 0 aromatic rings. The Morgan fingerprint density at radius 3 is 2.83 bits per heavy atom. The molecule has 0 bridgehead atoms. The Balaban J connectivity index is 0.00000289. The van der Waals surface area contributed by atoms with E-state index < -0.39 is 6.03 Å². The molecule has 0 saturated carbocycles. The van der Waals surface area contributed by atoms with Gasteiger partial charge in [0.25, 0.3) is 0 Å². The second kappa shape index (κ2) is 8.91. The van der Waals surface area contributed by atoms with Crippen LogP contribution in [0.3, 0.4) is 0 Å². The topological polar surface area (TPSA) is 87.5 Å². The van der Waals surface area contributed by atoms with E-state index in [1.54, 1.807) is 6.08 Å². The minimum atomic E-state index is -0.488. The normalized spacial score (nSPS) is 18.8. The van der Waals surface area contributed by atoms with Crippen LogP contribution in [0.5, 0.6) is 0 Å². The van der Waals surface area contributed by atoms with Crippen LogP contribution in [0.1, 0.15) is 12.8 Å². The molecule has 0 spiro atoms. The van der Waals surface area contributed by atoms with E-state index in [1.165, 1.54) is 0 Å². The summed E-state index contributed by atoms with van der Waals surface area (Å²) in [4.78, 5) is 24.8. The van der Waals surface area contributed by atoms with Gasteiger partial charge in [0.1, 0.15) is 0 Å². The summed E-state index contributed by atoms with van der Waals surface area (Å²) in [5.41, 5.74) is 5.60. The zero-order valence-corrected chi connectivity index (χ0v) is 11.2. The van der Waals surface area contributed by atoms with Gasteiger partial charge in [0, 0.05) is 19.1 Å². The average molecular weight is 277 g/mol. The molecular weight excluding hydrogens is 256 g/mol. The molecule has 1 saturated heterocycles. The van der Waals surface area contributed by atoms with E-state index in [1.807, 2.05) is 4.90 Å². The highest BCUT2D eigenvalue weighted by molar-refractivity contribution is 5.95. The number of urea groups is 1. The third-order valence-electron chi connectivity index (χ3n) is 2.78. The number of hydrogen-bond donors (Lipinski definition) is 3. The van der Waals surface area contributed by atoms with Crippen molar-refractivity contribution in [2.24, 2.45) is 5.73 Å². The zero-order chi connectivity index (χ0) is 12.7. The van der Waals surface area contributed by atoms with Gasteiger partial charge in [-0.15, -0.1) is 19.0 Å². The molecule has 6 nitrogen and oxygen atoms in total. The number of nitrogens with two attached hydrogens (primary N) is 1. The lowest BCUT2D eigenvalue weighted by atomic mass is 10.2. The summed E-state index contributed by atoms with van der Waals surface area (Å²) in [5, 5.41) is 4.75. The van der Waals surface area contributed by atoms with E-state index in [0.29, 0.717) is 13.1 Å². The van der Waals surface area contributed by atoms with E-state index in [9.17, 15) is 9.59 Å². The minimum Gasteiger partial charge on any atom is -0.334 e. The van der Waals surface area contributed by atoms with E-state index >= 15 is 0 Å². The van der Waals surface area contributed by atoms with Gasteiger partial charge < -0.3 is 11.1 Å². The molecule has 1 unspecified atom stereocenters. The smallest absolute Gasteiger partial charge is 0.321 e. The lowest BCUT2D eigenvalue weighted by Crippen LogP contribution is -2.46. The second-order valence-electron chi connectivity index (χ2n) is 4.05. The second-order valence-corrected chi connectivity index (χ2v) is 4.05. The summed E-state index contributed by atoms with van der Waals surface area (Å²) in [6.07, 6.45) is 3.62. The number of nitrogens with one attached hydrogen (secondary N) is 2. The van der Waals surface area contributed by atoms with Gasteiger partial charge in [0.05, 0.1) is 6.54 Å². The average Bonchev–Trinajstić information content (AvgIpc) is 2.73. The highest BCUT2D eigenvalue weighted by Gasteiger charge is 2.25. The van der Waals surface area contributed by atoms with Gasteiger partial charge in [-0.25, -0.2) is 4.79 Å². The number of nitrogens with zero attached hydrogens (tertiary/aromatic N) is 1. The highest BCUT2D eigenvalue weighted by Crippen LogP contribution is 2.14. The molecule has 0 aromatic carbocycles. The van der Waals surface area contributed by atoms with Gasteiger partial charge in [-0.2, -0.15) is 0 Å². The van der Waals surface area contributed by atoms with Crippen LogP contribution < -0.4 is 16.4 Å². The molecule has 7 heteroatoms. The molecule has 1 aliphatic heterocycles. The molecular formula is C11H21ClN4O2. The highest BCUT2D eigenvalue weighted by atomic mass is 35.5. The maximum atomic E-state index is 11.6. The first-order valence-corrected chi connectivity index (χ1v) is 5.80. The van der Waals surface area contributed by atoms with Crippen molar-refractivity contribution in [3.63, 3.8) is 0 Å². The van der Waals surface area contributed by atoms with Gasteiger partial charge in [0.15, 0.2) is 0 Å². The van der Waals surface area contributed by atoms with Crippen LogP contribution in [-0.4, -0.2) is 49.1 Å². The Bertz CT molecular complexity index is 299. The van der Waals surface area contributed by atoms with Crippen LogP contribution >= 0.6 is 12.4 Å². The van der Waals surface area contributed by atoms with E-state index in [2.05, 4.69) is 17.2 Å². The van der Waals surface area contributed by atoms with Crippen molar-refractivity contribution >= 4 is 24.3 Å². The molecule has 104 valence electrons. The number of carbonyl (C=O) groups excluding carboxylic acids is 2. The van der Waals surface area contributed by atoms with Crippen molar-refractivity contribution in [2.75, 3.05) is 26.2 Å². The fraction of sp³-hybridized carbons (Fsp3) is 0.636. The lowest BCUT2D eigenvalue weighted by Gasteiger charge is -2.21. The van der Waals surface area contributed by atoms with Crippen molar-refractivity contribution < 1.29 is 9.59 Å². The first-order chi connectivity index (χ1) is 8.17. The van der Waals surface area contributed by atoms with Gasteiger partial charge in [-0.3, -0.25) is 15.0 Å². The Morgan fingerprint density at radius 2 is 2.22 bits per heavy atom. The van der Waals surface area contributed by atoms with Crippen molar-refractivity contribution in [3.05, 3.63) is 12.7 Å². The molecule has 1 atom stereocenters. The van der Waals surface area contributed by atoms with Gasteiger partial charge >= 0.3 is 6.03 Å². The number of amides is 3. The summed E-state index contributed by atoms with van der Waals surface area (Å²) in [6, 6.07) is -0.226. The molecule has 0 aliphatic carbocycles. The lowest BCUT2D eigenvalue weighted by molar-refractivity contribution is -0.121. The summed E-state index contributed by atoms with van der Waals surface area (Å²) < 4.78 is 0. The van der Waals surface area contributed by atoms with Crippen LogP contribution in [0.2, 0.25) is 0 Å². The fourth-order valence-electron chi connectivity index (χ4n) is 1.93. The molecule has 4 N–H and O–H groups in total. The molecule has 1 rings (SSSR count). The largest absolute Gasteiger partial charge is 0.334 e.